The van der Waals surface area contributed by atoms with Gasteiger partial charge in [-0.1, -0.05) is 43.3 Å². The number of benzene rings is 2. The Morgan fingerprint density at radius 3 is 2.42 bits per heavy atom. The van der Waals surface area contributed by atoms with Gasteiger partial charge >= 0.3 is 5.97 Å². The number of anilines is 1. The highest BCUT2D eigenvalue weighted by Gasteiger charge is 2.17. The summed E-state index contributed by atoms with van der Waals surface area (Å²) in [7, 11) is 0. The van der Waals surface area contributed by atoms with E-state index in [1.807, 2.05) is 30.3 Å². The fraction of sp³-hybridized carbons (Fsp3) is 0.250. The van der Waals surface area contributed by atoms with Crippen molar-refractivity contribution in [3.63, 3.8) is 0 Å². The lowest BCUT2D eigenvalue weighted by molar-refractivity contribution is -0.137. The summed E-state index contributed by atoms with van der Waals surface area (Å²) in [5, 5.41) is 14.6. The number of hydrogen-bond donors (Lipinski definition) is 3. The summed E-state index contributed by atoms with van der Waals surface area (Å²) in [5.41, 5.74) is 1.79. The molecule has 0 saturated heterocycles. The van der Waals surface area contributed by atoms with Crippen LogP contribution in [0.15, 0.2) is 54.6 Å². The smallest absolute Gasteiger partial charge is 0.303 e. The highest BCUT2D eigenvalue weighted by Crippen LogP contribution is 2.20. The van der Waals surface area contributed by atoms with Crippen molar-refractivity contribution in [3.8, 4) is 0 Å². The predicted molar refractivity (Wildman–Crippen MR) is 98.9 cm³/mol. The largest absolute Gasteiger partial charge is 0.481 e. The number of aliphatic carboxylic acids is 1. The van der Waals surface area contributed by atoms with Crippen LogP contribution in [-0.4, -0.2) is 22.9 Å². The molecule has 0 spiro atoms. The molecule has 1 atom stereocenters. The van der Waals surface area contributed by atoms with E-state index in [0.29, 0.717) is 17.7 Å². The third kappa shape index (κ3) is 5.73. The summed E-state index contributed by atoms with van der Waals surface area (Å²) >= 11 is 0. The minimum atomic E-state index is -0.913. The Balaban J connectivity index is 2.14. The van der Waals surface area contributed by atoms with Crippen LogP contribution in [0.4, 0.5) is 5.69 Å². The zero-order chi connectivity index (χ0) is 18.9. The topological polar surface area (TPSA) is 95.5 Å². The van der Waals surface area contributed by atoms with Gasteiger partial charge in [0.15, 0.2) is 0 Å². The molecule has 0 aliphatic heterocycles. The average Bonchev–Trinajstić information content (AvgIpc) is 2.65. The molecule has 3 N–H and O–H groups in total. The van der Waals surface area contributed by atoms with Crippen LogP contribution in [0, 0.1) is 0 Å². The summed E-state index contributed by atoms with van der Waals surface area (Å²) in [6, 6.07) is 15.5. The van der Waals surface area contributed by atoms with Crippen LogP contribution in [0.25, 0.3) is 0 Å². The van der Waals surface area contributed by atoms with Crippen molar-refractivity contribution in [2.24, 2.45) is 0 Å². The van der Waals surface area contributed by atoms with Gasteiger partial charge in [0.05, 0.1) is 6.04 Å². The average molecular weight is 354 g/mol. The van der Waals surface area contributed by atoms with Crippen LogP contribution < -0.4 is 10.6 Å². The van der Waals surface area contributed by atoms with Crippen molar-refractivity contribution < 1.29 is 19.5 Å². The maximum absolute atomic E-state index is 12.6. The number of carbonyl (C=O) groups is 3. The Labute approximate surface area is 152 Å². The van der Waals surface area contributed by atoms with E-state index in [0.717, 1.165) is 5.56 Å². The van der Waals surface area contributed by atoms with Gasteiger partial charge in [-0.05, 0) is 30.2 Å². The molecular formula is C20H22N2O4. The lowest BCUT2D eigenvalue weighted by Gasteiger charge is -2.19. The lowest BCUT2D eigenvalue weighted by atomic mass is 10.0. The molecule has 26 heavy (non-hydrogen) atoms. The molecule has 0 aromatic heterocycles. The Kier molecular flexibility index (Phi) is 6.91. The molecule has 0 bridgehead atoms. The second kappa shape index (κ2) is 9.36. The fourth-order valence-corrected chi connectivity index (χ4v) is 2.50. The Morgan fingerprint density at radius 1 is 1.04 bits per heavy atom. The summed E-state index contributed by atoms with van der Waals surface area (Å²) in [4.78, 5) is 35.0. The summed E-state index contributed by atoms with van der Waals surface area (Å²) in [6.07, 6.45) is 0.589. The van der Waals surface area contributed by atoms with Gasteiger partial charge < -0.3 is 15.7 Å². The first-order valence-corrected chi connectivity index (χ1v) is 8.47. The normalized spacial score (nSPS) is 11.4. The molecule has 0 saturated carbocycles. The number of amides is 2. The number of rotatable bonds is 8. The fourth-order valence-electron chi connectivity index (χ4n) is 2.50. The number of carboxylic acid groups (broad SMARTS) is 1. The summed E-state index contributed by atoms with van der Waals surface area (Å²) in [6.45, 7) is 1.75. The second-order valence-electron chi connectivity index (χ2n) is 5.85. The van der Waals surface area contributed by atoms with E-state index in [2.05, 4.69) is 10.6 Å². The SMILES string of the molecule is CCC(=O)Nc1cccc(C(=O)NC(CCC(=O)O)c2ccccc2)c1. The molecule has 2 aromatic carbocycles. The monoisotopic (exact) mass is 354 g/mol. The molecule has 6 nitrogen and oxygen atoms in total. The maximum atomic E-state index is 12.6. The molecule has 2 aromatic rings. The van der Waals surface area contributed by atoms with E-state index in [1.54, 1.807) is 31.2 Å². The van der Waals surface area contributed by atoms with Crippen molar-refractivity contribution in [3.05, 3.63) is 65.7 Å². The van der Waals surface area contributed by atoms with Crippen LogP contribution >= 0.6 is 0 Å². The number of carbonyl (C=O) groups excluding carboxylic acids is 2. The minimum absolute atomic E-state index is 0.0492. The van der Waals surface area contributed by atoms with Crippen LogP contribution in [-0.2, 0) is 9.59 Å². The van der Waals surface area contributed by atoms with Crippen LogP contribution in [0.2, 0.25) is 0 Å². The summed E-state index contributed by atoms with van der Waals surface area (Å²) in [5.74, 6) is -1.37. The van der Waals surface area contributed by atoms with Gasteiger partial charge in [-0.15, -0.1) is 0 Å². The van der Waals surface area contributed by atoms with Gasteiger partial charge in [-0.2, -0.15) is 0 Å². The number of nitrogens with one attached hydrogen (secondary N) is 2. The third-order valence-electron chi connectivity index (χ3n) is 3.88. The van der Waals surface area contributed by atoms with Gasteiger partial charge in [0, 0.05) is 24.1 Å². The van der Waals surface area contributed by atoms with E-state index < -0.39 is 12.0 Å². The van der Waals surface area contributed by atoms with Crippen molar-refractivity contribution in [2.45, 2.75) is 32.2 Å². The van der Waals surface area contributed by atoms with Crippen molar-refractivity contribution >= 4 is 23.5 Å². The number of carboxylic acids is 1. The van der Waals surface area contributed by atoms with Gasteiger partial charge in [-0.3, -0.25) is 14.4 Å². The standard InChI is InChI=1S/C20H22N2O4/c1-2-18(23)21-16-10-6-9-15(13-16)20(26)22-17(11-12-19(24)25)14-7-4-3-5-8-14/h3-10,13,17H,2,11-12H2,1H3,(H,21,23)(H,22,26)(H,24,25). The second-order valence-corrected chi connectivity index (χ2v) is 5.85. The molecule has 0 heterocycles. The zero-order valence-corrected chi connectivity index (χ0v) is 14.6. The molecule has 2 rings (SSSR count). The Hall–Kier alpha value is -3.15. The zero-order valence-electron chi connectivity index (χ0n) is 14.6. The Bertz CT molecular complexity index is 774. The van der Waals surface area contributed by atoms with E-state index in [1.165, 1.54) is 0 Å². The molecule has 2 amide bonds. The van der Waals surface area contributed by atoms with E-state index in [9.17, 15) is 14.4 Å². The molecule has 0 aliphatic carbocycles. The van der Waals surface area contributed by atoms with Gasteiger partial charge in [0.1, 0.15) is 0 Å². The first-order valence-electron chi connectivity index (χ1n) is 8.47. The van der Waals surface area contributed by atoms with Crippen molar-refractivity contribution in [1.29, 1.82) is 0 Å². The predicted octanol–water partition coefficient (Wildman–Crippen LogP) is 3.37. The summed E-state index contributed by atoms with van der Waals surface area (Å²) < 4.78 is 0. The Morgan fingerprint density at radius 2 is 1.77 bits per heavy atom. The molecule has 6 heteroatoms. The highest BCUT2D eigenvalue weighted by atomic mass is 16.4. The molecular weight excluding hydrogens is 332 g/mol. The van der Waals surface area contributed by atoms with Gasteiger partial charge in [-0.25, -0.2) is 0 Å². The minimum Gasteiger partial charge on any atom is -0.481 e. The lowest BCUT2D eigenvalue weighted by Crippen LogP contribution is -2.29. The number of hydrogen-bond acceptors (Lipinski definition) is 3. The molecule has 1 unspecified atom stereocenters. The van der Waals surface area contributed by atoms with Crippen molar-refractivity contribution in [2.75, 3.05) is 5.32 Å². The van der Waals surface area contributed by atoms with Gasteiger partial charge in [0.25, 0.3) is 5.91 Å². The highest BCUT2D eigenvalue weighted by molar-refractivity contribution is 5.97. The van der Waals surface area contributed by atoms with Crippen LogP contribution in [0.3, 0.4) is 0 Å². The third-order valence-corrected chi connectivity index (χ3v) is 3.88. The molecule has 0 aliphatic rings. The quantitative estimate of drug-likeness (QED) is 0.677. The first kappa shape index (κ1) is 19.2. The maximum Gasteiger partial charge on any atom is 0.303 e. The van der Waals surface area contributed by atoms with Crippen LogP contribution in [0.1, 0.15) is 48.1 Å². The van der Waals surface area contributed by atoms with Crippen LogP contribution in [0.5, 0.6) is 0 Å². The molecule has 0 fully saturated rings. The van der Waals surface area contributed by atoms with Gasteiger partial charge in [0.2, 0.25) is 5.91 Å². The van der Waals surface area contributed by atoms with E-state index >= 15 is 0 Å². The van der Waals surface area contributed by atoms with E-state index in [-0.39, 0.29) is 24.7 Å². The first-order chi connectivity index (χ1) is 12.5. The molecule has 136 valence electrons. The molecule has 0 radical (unpaired) electrons. The van der Waals surface area contributed by atoms with E-state index in [4.69, 9.17) is 5.11 Å². The van der Waals surface area contributed by atoms with Crippen molar-refractivity contribution in [1.82, 2.24) is 5.32 Å².